The van der Waals surface area contributed by atoms with Crippen molar-refractivity contribution in [3.05, 3.63) is 53.6 Å². The molecular weight excluding hydrogens is 358 g/mol. The first-order chi connectivity index (χ1) is 13.5. The Balaban J connectivity index is 1.74. The zero-order valence-electron chi connectivity index (χ0n) is 15.7. The van der Waals surface area contributed by atoms with Crippen LogP contribution in [0.3, 0.4) is 0 Å². The molecule has 6 nitrogen and oxygen atoms in total. The lowest BCUT2D eigenvalue weighted by Gasteiger charge is -2.42. The number of hydrogen-bond donors (Lipinski definition) is 2. The summed E-state index contributed by atoms with van der Waals surface area (Å²) in [6.45, 7) is 0.184. The minimum absolute atomic E-state index is 0.184. The lowest BCUT2D eigenvalue weighted by molar-refractivity contribution is -0.116. The summed E-state index contributed by atoms with van der Waals surface area (Å²) >= 11 is 0. The molecule has 1 amide bonds. The highest BCUT2D eigenvalue weighted by Gasteiger charge is 2.63. The van der Waals surface area contributed by atoms with Crippen molar-refractivity contribution in [2.75, 3.05) is 13.9 Å². The smallest absolute Gasteiger partial charge is 0.405 e. The van der Waals surface area contributed by atoms with Gasteiger partial charge in [-0.05, 0) is 66.1 Å². The molecule has 2 aromatic carbocycles. The number of carbonyl (C=O) groups is 2. The zero-order chi connectivity index (χ0) is 19.8. The van der Waals surface area contributed by atoms with Crippen molar-refractivity contribution in [1.29, 1.82) is 0 Å². The van der Waals surface area contributed by atoms with Crippen molar-refractivity contribution < 1.29 is 24.2 Å². The van der Waals surface area contributed by atoms with E-state index >= 15 is 0 Å². The number of rotatable bonds is 6. The van der Waals surface area contributed by atoms with Crippen LogP contribution in [0.25, 0.3) is 11.1 Å². The molecule has 1 fully saturated rings. The van der Waals surface area contributed by atoms with Gasteiger partial charge in [0.05, 0.1) is 0 Å². The van der Waals surface area contributed by atoms with Crippen LogP contribution in [0.4, 0.5) is 4.79 Å². The number of methoxy groups -OCH3 is 1. The molecule has 1 saturated carbocycles. The van der Waals surface area contributed by atoms with Gasteiger partial charge in [0.25, 0.3) is 0 Å². The van der Waals surface area contributed by atoms with E-state index in [0.717, 1.165) is 54.2 Å². The molecule has 2 aromatic rings. The van der Waals surface area contributed by atoms with Gasteiger partial charge in [-0.1, -0.05) is 24.3 Å². The van der Waals surface area contributed by atoms with Crippen LogP contribution in [0.5, 0.6) is 5.75 Å². The van der Waals surface area contributed by atoms with Gasteiger partial charge in [-0.3, -0.25) is 0 Å². The number of fused-ring (bicyclic) bond motifs is 1. The minimum Gasteiger partial charge on any atom is -0.468 e. The van der Waals surface area contributed by atoms with Crippen LogP contribution < -0.4 is 10.1 Å². The molecule has 0 aliphatic heterocycles. The predicted octanol–water partition coefficient (Wildman–Crippen LogP) is 3.72. The largest absolute Gasteiger partial charge is 0.468 e. The van der Waals surface area contributed by atoms with Gasteiger partial charge < -0.3 is 24.7 Å². The highest BCUT2D eigenvalue weighted by molar-refractivity contribution is 5.81. The molecule has 0 saturated heterocycles. The third kappa shape index (κ3) is 2.94. The van der Waals surface area contributed by atoms with E-state index in [4.69, 9.17) is 9.47 Å². The lowest BCUT2D eigenvalue weighted by Crippen LogP contribution is -2.55. The molecule has 1 atom stereocenters. The number of aryl methyl sites for hydroxylation is 1. The van der Waals surface area contributed by atoms with E-state index < -0.39 is 11.6 Å². The van der Waals surface area contributed by atoms with Gasteiger partial charge in [0.1, 0.15) is 11.3 Å². The van der Waals surface area contributed by atoms with Crippen LogP contribution in [0.15, 0.2) is 42.5 Å². The third-order valence-electron chi connectivity index (χ3n) is 6.11. The summed E-state index contributed by atoms with van der Waals surface area (Å²) in [4.78, 5) is 23.8. The van der Waals surface area contributed by atoms with Crippen LogP contribution in [-0.4, -0.2) is 31.4 Å². The summed E-state index contributed by atoms with van der Waals surface area (Å²) in [6.07, 6.45) is 3.04. The molecule has 6 heteroatoms. The third-order valence-corrected chi connectivity index (χ3v) is 6.11. The van der Waals surface area contributed by atoms with Crippen LogP contribution in [-0.2, 0) is 21.5 Å². The Morgan fingerprint density at radius 2 is 1.86 bits per heavy atom. The average molecular weight is 381 g/mol. The molecule has 0 radical (unpaired) electrons. The van der Waals surface area contributed by atoms with Gasteiger partial charge >= 0.3 is 6.09 Å². The summed E-state index contributed by atoms with van der Waals surface area (Å²) in [7, 11) is 1.57. The fraction of sp³-hybridized carbons (Fsp3) is 0.364. The Hall–Kier alpha value is -2.86. The van der Waals surface area contributed by atoms with E-state index in [2.05, 4.69) is 5.32 Å². The number of aldehydes is 1. The SMILES string of the molecule is COCOc1ccc(-c2ccc3c(c2)[C@@](C=O)(NC(=O)O)C2(CC3)CC2)cc1. The Morgan fingerprint density at radius 1 is 1.14 bits per heavy atom. The van der Waals surface area contributed by atoms with Crippen LogP contribution >= 0.6 is 0 Å². The summed E-state index contributed by atoms with van der Waals surface area (Å²) in [5.74, 6) is 0.704. The fourth-order valence-electron chi connectivity index (χ4n) is 4.45. The summed E-state index contributed by atoms with van der Waals surface area (Å²) in [5, 5.41) is 12.0. The van der Waals surface area contributed by atoms with Gasteiger partial charge in [-0.15, -0.1) is 0 Å². The Bertz CT molecular complexity index is 904. The first-order valence-electron chi connectivity index (χ1n) is 9.37. The monoisotopic (exact) mass is 381 g/mol. The predicted molar refractivity (Wildman–Crippen MR) is 103 cm³/mol. The first-order valence-corrected chi connectivity index (χ1v) is 9.37. The van der Waals surface area contributed by atoms with Crippen molar-refractivity contribution in [2.24, 2.45) is 5.41 Å². The highest BCUT2D eigenvalue weighted by atomic mass is 16.7. The van der Waals surface area contributed by atoms with Gasteiger partial charge in [0.2, 0.25) is 0 Å². The number of amides is 1. The molecule has 0 unspecified atom stereocenters. The zero-order valence-corrected chi connectivity index (χ0v) is 15.7. The second-order valence-electron chi connectivity index (χ2n) is 7.58. The highest BCUT2D eigenvalue weighted by Crippen LogP contribution is 2.63. The van der Waals surface area contributed by atoms with E-state index in [1.165, 1.54) is 0 Å². The van der Waals surface area contributed by atoms with Crippen molar-refractivity contribution in [3.63, 3.8) is 0 Å². The lowest BCUT2D eigenvalue weighted by atomic mass is 9.66. The van der Waals surface area contributed by atoms with E-state index in [9.17, 15) is 14.7 Å². The van der Waals surface area contributed by atoms with E-state index in [1.54, 1.807) is 7.11 Å². The Morgan fingerprint density at radius 3 is 2.46 bits per heavy atom. The Kier molecular flexibility index (Phi) is 4.59. The van der Waals surface area contributed by atoms with E-state index in [1.807, 2.05) is 42.5 Å². The van der Waals surface area contributed by atoms with Crippen molar-refractivity contribution in [3.8, 4) is 16.9 Å². The number of benzene rings is 2. The second kappa shape index (κ2) is 6.95. The summed E-state index contributed by atoms with van der Waals surface area (Å²) in [6, 6.07) is 13.6. The number of ether oxygens (including phenoxy) is 2. The number of hydrogen-bond acceptors (Lipinski definition) is 4. The van der Waals surface area contributed by atoms with Crippen LogP contribution in [0.1, 0.15) is 30.4 Å². The molecule has 28 heavy (non-hydrogen) atoms. The Labute approximate surface area is 163 Å². The maximum atomic E-state index is 12.3. The van der Waals surface area contributed by atoms with Crippen LogP contribution in [0, 0.1) is 5.41 Å². The minimum atomic E-state index is -1.18. The maximum absolute atomic E-state index is 12.3. The average Bonchev–Trinajstić information content (AvgIpc) is 3.49. The van der Waals surface area contributed by atoms with Crippen molar-refractivity contribution >= 4 is 12.4 Å². The first kappa shape index (κ1) is 18.5. The van der Waals surface area contributed by atoms with Gasteiger partial charge in [-0.25, -0.2) is 4.79 Å². The molecule has 4 rings (SSSR count). The maximum Gasteiger partial charge on any atom is 0.405 e. The fourth-order valence-corrected chi connectivity index (χ4v) is 4.45. The normalized spacial score (nSPS) is 21.6. The molecule has 0 heterocycles. The molecular formula is C22H23NO5. The summed E-state index contributed by atoms with van der Waals surface area (Å²) < 4.78 is 10.3. The van der Waals surface area contributed by atoms with Crippen molar-refractivity contribution in [1.82, 2.24) is 5.32 Å². The number of carbonyl (C=O) groups excluding carboxylic acids is 1. The molecule has 2 N–H and O–H groups in total. The quantitative estimate of drug-likeness (QED) is 0.588. The van der Waals surface area contributed by atoms with Crippen LogP contribution in [0.2, 0.25) is 0 Å². The molecule has 2 aliphatic rings. The second-order valence-corrected chi connectivity index (χ2v) is 7.58. The van der Waals surface area contributed by atoms with E-state index in [0.29, 0.717) is 5.75 Å². The number of nitrogens with one attached hydrogen (secondary N) is 1. The molecule has 146 valence electrons. The molecule has 2 aliphatic carbocycles. The molecule has 1 spiro atoms. The molecule has 0 aromatic heterocycles. The number of carboxylic acid groups (broad SMARTS) is 1. The molecule has 0 bridgehead atoms. The topological polar surface area (TPSA) is 84.9 Å². The van der Waals surface area contributed by atoms with Gasteiger partial charge in [0.15, 0.2) is 13.1 Å². The standard InChI is InChI=1S/C22H23NO5/c1-27-14-28-18-6-4-15(5-7-18)17-3-2-16-8-9-21(10-11-21)22(13-24,19(16)12-17)23-20(25)26/h2-7,12-13,23H,8-11,14H2,1H3,(H,25,26)/t22-/m1/s1. The van der Waals surface area contributed by atoms with Gasteiger partial charge in [-0.2, -0.15) is 0 Å². The summed E-state index contributed by atoms with van der Waals surface area (Å²) in [5.41, 5.74) is 2.25. The van der Waals surface area contributed by atoms with E-state index in [-0.39, 0.29) is 12.2 Å². The van der Waals surface area contributed by atoms with Gasteiger partial charge in [0, 0.05) is 12.5 Å². The van der Waals surface area contributed by atoms with Crippen molar-refractivity contribution in [2.45, 2.75) is 31.2 Å².